The fourth-order valence-electron chi connectivity index (χ4n) is 2.24. The van der Waals surface area contributed by atoms with Crippen LogP contribution in [0.1, 0.15) is 18.5 Å². The van der Waals surface area contributed by atoms with Crippen LogP contribution < -0.4 is 5.32 Å². The minimum Gasteiger partial charge on any atom is -0.309 e. The van der Waals surface area contributed by atoms with E-state index in [4.69, 9.17) is 0 Å². The Balaban J connectivity index is 2.49. The van der Waals surface area contributed by atoms with Gasteiger partial charge in [0.1, 0.15) is 9.84 Å². The van der Waals surface area contributed by atoms with Crippen molar-refractivity contribution in [1.82, 2.24) is 10.3 Å². The average molecular weight is 278 g/mol. The van der Waals surface area contributed by atoms with Crippen LogP contribution in [0.2, 0.25) is 0 Å². The maximum absolute atomic E-state index is 11.6. The lowest BCUT2D eigenvalue weighted by molar-refractivity contribution is 0.565. The molecule has 0 saturated carbocycles. The molecule has 4 nitrogen and oxygen atoms in total. The van der Waals surface area contributed by atoms with Crippen molar-refractivity contribution in [2.24, 2.45) is 0 Å². The molecule has 19 heavy (non-hydrogen) atoms. The van der Waals surface area contributed by atoms with Gasteiger partial charge in [0.2, 0.25) is 0 Å². The van der Waals surface area contributed by atoms with Gasteiger partial charge in [0.25, 0.3) is 0 Å². The number of fused-ring (bicyclic) bond motifs is 1. The molecule has 1 aromatic heterocycles. The maximum atomic E-state index is 11.6. The van der Waals surface area contributed by atoms with E-state index >= 15 is 0 Å². The molecule has 0 saturated heterocycles. The molecule has 0 aliphatic carbocycles. The van der Waals surface area contributed by atoms with Gasteiger partial charge in [-0.3, -0.25) is 4.98 Å². The summed E-state index contributed by atoms with van der Waals surface area (Å²) in [6, 6.07) is 9.45. The Morgan fingerprint density at radius 3 is 2.74 bits per heavy atom. The van der Waals surface area contributed by atoms with Crippen molar-refractivity contribution in [2.75, 3.05) is 18.6 Å². The molecule has 0 aliphatic heterocycles. The number of benzene rings is 1. The molecule has 2 aromatic rings. The molecule has 5 heteroatoms. The van der Waals surface area contributed by atoms with E-state index in [0.717, 1.165) is 23.0 Å². The van der Waals surface area contributed by atoms with E-state index in [9.17, 15) is 8.42 Å². The van der Waals surface area contributed by atoms with E-state index in [1.54, 1.807) is 6.20 Å². The molecule has 1 unspecified atom stereocenters. The number of aromatic nitrogens is 1. The summed E-state index contributed by atoms with van der Waals surface area (Å²) in [5.74, 6) is 0.0921. The summed E-state index contributed by atoms with van der Waals surface area (Å²) < 4.78 is 23.1. The highest BCUT2D eigenvalue weighted by Gasteiger charge is 2.18. The van der Waals surface area contributed by atoms with E-state index in [1.165, 1.54) is 6.26 Å². The molecule has 1 heterocycles. The Morgan fingerprint density at radius 1 is 1.26 bits per heavy atom. The third kappa shape index (κ3) is 3.52. The first-order chi connectivity index (χ1) is 9.01. The molecule has 0 bridgehead atoms. The van der Waals surface area contributed by atoms with Gasteiger partial charge < -0.3 is 5.32 Å². The fraction of sp³-hybridized carbons (Fsp3) is 0.357. The maximum Gasteiger partial charge on any atom is 0.149 e. The van der Waals surface area contributed by atoms with Gasteiger partial charge in [-0.05, 0) is 24.2 Å². The lowest BCUT2D eigenvalue weighted by Gasteiger charge is -2.19. The fourth-order valence-corrected chi connectivity index (χ4v) is 3.14. The zero-order chi connectivity index (χ0) is 13.9. The Hall–Kier alpha value is -1.46. The van der Waals surface area contributed by atoms with Crippen LogP contribution >= 0.6 is 0 Å². The molecule has 0 spiro atoms. The highest BCUT2D eigenvalue weighted by atomic mass is 32.2. The lowest BCUT2D eigenvalue weighted by atomic mass is 10.0. The second-order valence-corrected chi connectivity index (χ2v) is 6.80. The van der Waals surface area contributed by atoms with Crippen LogP contribution in [-0.2, 0) is 9.84 Å². The summed E-state index contributed by atoms with van der Waals surface area (Å²) in [5, 5.41) is 4.24. The quantitative estimate of drug-likeness (QED) is 0.908. The van der Waals surface area contributed by atoms with Gasteiger partial charge in [-0.2, -0.15) is 0 Å². The molecule has 0 amide bonds. The Kier molecular flexibility index (Phi) is 4.17. The van der Waals surface area contributed by atoms with Crippen LogP contribution in [-0.4, -0.2) is 32.0 Å². The predicted molar refractivity (Wildman–Crippen MR) is 77.9 cm³/mol. The van der Waals surface area contributed by atoms with Crippen molar-refractivity contribution in [3.63, 3.8) is 0 Å². The Labute approximate surface area is 113 Å². The van der Waals surface area contributed by atoms with Crippen LogP contribution in [0, 0.1) is 0 Å². The van der Waals surface area contributed by atoms with Gasteiger partial charge >= 0.3 is 0 Å². The number of sulfone groups is 1. The van der Waals surface area contributed by atoms with Gasteiger partial charge in [0, 0.05) is 23.9 Å². The zero-order valence-electron chi connectivity index (χ0n) is 11.1. The third-order valence-electron chi connectivity index (χ3n) is 2.97. The number of rotatable bonds is 5. The van der Waals surface area contributed by atoms with Crippen LogP contribution in [0.3, 0.4) is 0 Å². The predicted octanol–water partition coefficient (Wildman–Crippen LogP) is 1.93. The number of nitrogens with one attached hydrogen (secondary N) is 1. The average Bonchev–Trinajstić information content (AvgIpc) is 2.36. The number of hydrogen-bond donors (Lipinski definition) is 1. The van der Waals surface area contributed by atoms with Gasteiger partial charge in [-0.1, -0.05) is 25.1 Å². The first kappa shape index (κ1) is 14.0. The summed E-state index contributed by atoms with van der Waals surface area (Å²) in [5.41, 5.74) is 1.87. The number of pyridine rings is 1. The largest absolute Gasteiger partial charge is 0.309 e. The van der Waals surface area contributed by atoms with Gasteiger partial charge in [0.05, 0.1) is 11.3 Å². The van der Waals surface area contributed by atoms with Crippen molar-refractivity contribution in [3.05, 3.63) is 42.1 Å². The lowest BCUT2D eigenvalue weighted by Crippen LogP contribution is -2.27. The van der Waals surface area contributed by atoms with Crippen LogP contribution in [0.25, 0.3) is 10.9 Å². The summed E-state index contributed by atoms with van der Waals surface area (Å²) >= 11 is 0. The van der Waals surface area contributed by atoms with Crippen LogP contribution in [0.4, 0.5) is 0 Å². The second-order valence-electron chi connectivity index (χ2n) is 4.62. The zero-order valence-corrected chi connectivity index (χ0v) is 11.9. The normalized spacial score (nSPS) is 13.6. The van der Waals surface area contributed by atoms with E-state index in [0.29, 0.717) is 0 Å². The molecular weight excluding hydrogens is 260 g/mol. The molecule has 1 atom stereocenters. The standard InChI is InChI=1S/C14H18N2O2S/c1-3-15-14(10-19(2,17)18)12-6-4-8-13-11(12)7-5-9-16-13/h4-9,14-15H,3,10H2,1-2H3. The summed E-state index contributed by atoms with van der Waals surface area (Å²) in [6.45, 7) is 2.69. The molecule has 102 valence electrons. The molecular formula is C14H18N2O2S. The minimum atomic E-state index is -3.05. The highest BCUT2D eigenvalue weighted by Crippen LogP contribution is 2.24. The molecule has 2 rings (SSSR count). The van der Waals surface area contributed by atoms with Crippen LogP contribution in [0.5, 0.6) is 0 Å². The number of hydrogen-bond acceptors (Lipinski definition) is 4. The van der Waals surface area contributed by atoms with Gasteiger partial charge in [-0.25, -0.2) is 8.42 Å². The van der Waals surface area contributed by atoms with Crippen molar-refractivity contribution in [2.45, 2.75) is 13.0 Å². The van der Waals surface area contributed by atoms with Crippen molar-refractivity contribution >= 4 is 20.7 Å². The van der Waals surface area contributed by atoms with Gasteiger partial charge in [-0.15, -0.1) is 0 Å². The van der Waals surface area contributed by atoms with E-state index in [2.05, 4.69) is 10.3 Å². The van der Waals surface area contributed by atoms with E-state index in [1.807, 2.05) is 37.3 Å². The van der Waals surface area contributed by atoms with E-state index < -0.39 is 9.84 Å². The first-order valence-corrected chi connectivity index (χ1v) is 8.32. The molecule has 0 aliphatic rings. The first-order valence-electron chi connectivity index (χ1n) is 6.26. The molecule has 0 radical (unpaired) electrons. The highest BCUT2D eigenvalue weighted by molar-refractivity contribution is 7.90. The van der Waals surface area contributed by atoms with Crippen molar-refractivity contribution in [3.8, 4) is 0 Å². The smallest absolute Gasteiger partial charge is 0.149 e. The topological polar surface area (TPSA) is 59.1 Å². The monoisotopic (exact) mass is 278 g/mol. The van der Waals surface area contributed by atoms with Crippen LogP contribution in [0.15, 0.2) is 36.5 Å². The second kappa shape index (κ2) is 5.67. The Bertz CT molecular complexity index is 663. The summed E-state index contributed by atoms with van der Waals surface area (Å²) in [7, 11) is -3.05. The van der Waals surface area contributed by atoms with E-state index in [-0.39, 0.29) is 11.8 Å². The van der Waals surface area contributed by atoms with Gasteiger partial charge in [0.15, 0.2) is 0 Å². The van der Waals surface area contributed by atoms with Crippen molar-refractivity contribution in [1.29, 1.82) is 0 Å². The summed E-state index contributed by atoms with van der Waals surface area (Å²) in [6.07, 6.45) is 3.01. The molecule has 1 N–H and O–H groups in total. The van der Waals surface area contributed by atoms with Crippen molar-refractivity contribution < 1.29 is 8.42 Å². The summed E-state index contributed by atoms with van der Waals surface area (Å²) in [4.78, 5) is 4.30. The number of nitrogens with zero attached hydrogens (tertiary/aromatic N) is 1. The minimum absolute atomic E-state index is 0.0921. The Morgan fingerprint density at radius 2 is 2.05 bits per heavy atom. The SMILES string of the molecule is CCNC(CS(C)(=O)=O)c1cccc2ncccc12. The third-order valence-corrected chi connectivity index (χ3v) is 3.91. The molecule has 0 fully saturated rings. The molecule has 1 aromatic carbocycles.